The standard InChI is InChI=1S/C7H10O4/c8-4-7-6(9)2-1-5(11-7)3-10-7/h1-2,5-6,8-9H,3-4H2. The molecule has 0 aromatic carbocycles. The lowest BCUT2D eigenvalue weighted by Crippen LogP contribution is -2.47. The van der Waals surface area contributed by atoms with E-state index in [0.717, 1.165) is 0 Å². The van der Waals surface area contributed by atoms with Crippen molar-refractivity contribution in [2.45, 2.75) is 18.0 Å². The summed E-state index contributed by atoms with van der Waals surface area (Å²) in [5.74, 6) is -1.18. The zero-order valence-corrected chi connectivity index (χ0v) is 5.93. The molecule has 0 saturated carbocycles. The van der Waals surface area contributed by atoms with Crippen molar-refractivity contribution in [3.05, 3.63) is 12.2 Å². The molecule has 11 heavy (non-hydrogen) atoms. The number of rotatable bonds is 1. The molecule has 0 aromatic heterocycles. The number of hydrogen-bond donors (Lipinski definition) is 2. The van der Waals surface area contributed by atoms with E-state index in [4.69, 9.17) is 14.6 Å². The highest BCUT2D eigenvalue weighted by molar-refractivity contribution is 5.09. The summed E-state index contributed by atoms with van der Waals surface area (Å²) in [6, 6.07) is 0. The number of hydrogen-bond acceptors (Lipinski definition) is 4. The molecular weight excluding hydrogens is 148 g/mol. The van der Waals surface area contributed by atoms with Gasteiger partial charge in [0.15, 0.2) is 0 Å². The molecule has 4 heteroatoms. The van der Waals surface area contributed by atoms with Crippen molar-refractivity contribution in [3.63, 3.8) is 0 Å². The van der Waals surface area contributed by atoms with Gasteiger partial charge in [0.25, 0.3) is 0 Å². The predicted molar refractivity (Wildman–Crippen MR) is 35.8 cm³/mol. The fraction of sp³-hybridized carbons (Fsp3) is 0.714. The molecule has 0 aliphatic carbocycles. The first-order valence-corrected chi connectivity index (χ1v) is 3.56. The molecule has 2 N–H and O–H groups in total. The predicted octanol–water partition coefficient (Wildman–Crippen LogP) is -0.979. The summed E-state index contributed by atoms with van der Waals surface area (Å²) in [6.07, 6.45) is 2.37. The molecule has 0 aromatic rings. The Labute approximate surface area is 64.0 Å². The van der Waals surface area contributed by atoms with Crippen LogP contribution in [0.2, 0.25) is 0 Å². The van der Waals surface area contributed by atoms with E-state index in [1.165, 1.54) is 0 Å². The minimum absolute atomic E-state index is 0.106. The molecule has 1 fully saturated rings. The number of fused-ring (bicyclic) bond motifs is 2. The Bertz CT molecular complexity index is 191. The lowest BCUT2D eigenvalue weighted by atomic mass is 10.1. The zero-order chi connectivity index (χ0) is 7.90. The second-order valence-electron chi connectivity index (χ2n) is 2.77. The summed E-state index contributed by atoms with van der Waals surface area (Å²) in [7, 11) is 0. The van der Waals surface area contributed by atoms with Gasteiger partial charge in [0.2, 0.25) is 5.79 Å². The van der Waals surface area contributed by atoms with E-state index < -0.39 is 11.9 Å². The van der Waals surface area contributed by atoms with Crippen molar-refractivity contribution >= 4 is 0 Å². The van der Waals surface area contributed by atoms with Gasteiger partial charge in [-0.05, 0) is 0 Å². The molecule has 2 bridgehead atoms. The molecule has 2 aliphatic rings. The average Bonchev–Trinajstić information content (AvgIpc) is 2.39. The average molecular weight is 158 g/mol. The van der Waals surface area contributed by atoms with Crippen LogP contribution in [0.1, 0.15) is 0 Å². The quantitative estimate of drug-likeness (QED) is 0.482. The van der Waals surface area contributed by atoms with Crippen LogP contribution in [0.25, 0.3) is 0 Å². The summed E-state index contributed by atoms with van der Waals surface area (Å²) in [6.45, 7) is 0.100. The Balaban J connectivity index is 2.27. The maximum absolute atomic E-state index is 9.35. The van der Waals surface area contributed by atoms with Crippen LogP contribution in [0, 0.1) is 0 Å². The van der Waals surface area contributed by atoms with Gasteiger partial charge in [-0.2, -0.15) is 0 Å². The fourth-order valence-corrected chi connectivity index (χ4v) is 1.35. The van der Waals surface area contributed by atoms with Crippen LogP contribution in [0.4, 0.5) is 0 Å². The van der Waals surface area contributed by atoms with Crippen molar-refractivity contribution < 1.29 is 19.7 Å². The van der Waals surface area contributed by atoms with Crippen molar-refractivity contribution in [2.24, 2.45) is 0 Å². The van der Waals surface area contributed by atoms with Crippen LogP contribution in [0.15, 0.2) is 12.2 Å². The molecule has 0 radical (unpaired) electrons. The van der Waals surface area contributed by atoms with Gasteiger partial charge in [0, 0.05) is 0 Å². The third-order valence-corrected chi connectivity index (χ3v) is 2.02. The van der Waals surface area contributed by atoms with Gasteiger partial charge in [0.1, 0.15) is 18.8 Å². The molecule has 2 rings (SSSR count). The largest absolute Gasteiger partial charge is 0.391 e. The Kier molecular flexibility index (Phi) is 1.50. The van der Waals surface area contributed by atoms with E-state index in [0.29, 0.717) is 6.61 Å². The minimum atomic E-state index is -1.18. The lowest BCUT2D eigenvalue weighted by Gasteiger charge is -2.30. The van der Waals surface area contributed by atoms with Crippen LogP contribution < -0.4 is 0 Å². The highest BCUT2D eigenvalue weighted by Gasteiger charge is 2.48. The van der Waals surface area contributed by atoms with E-state index in [2.05, 4.69) is 0 Å². The second-order valence-corrected chi connectivity index (χ2v) is 2.77. The summed E-state index contributed by atoms with van der Waals surface area (Å²) in [5, 5.41) is 18.2. The minimum Gasteiger partial charge on any atom is -0.391 e. The van der Waals surface area contributed by atoms with Crippen LogP contribution in [-0.4, -0.2) is 41.4 Å². The summed E-state index contributed by atoms with van der Waals surface area (Å²) >= 11 is 0. The zero-order valence-electron chi connectivity index (χ0n) is 5.93. The normalized spacial score (nSPS) is 48.2. The van der Waals surface area contributed by atoms with Crippen LogP contribution >= 0.6 is 0 Å². The van der Waals surface area contributed by atoms with Crippen LogP contribution in [-0.2, 0) is 9.47 Å². The smallest absolute Gasteiger partial charge is 0.222 e. The molecule has 62 valence electrons. The van der Waals surface area contributed by atoms with Gasteiger partial charge in [-0.15, -0.1) is 0 Å². The van der Waals surface area contributed by atoms with E-state index in [-0.39, 0.29) is 12.7 Å². The first-order chi connectivity index (χ1) is 5.27. The Morgan fingerprint density at radius 3 is 3.00 bits per heavy atom. The summed E-state index contributed by atoms with van der Waals surface area (Å²) in [5.41, 5.74) is 0. The Morgan fingerprint density at radius 2 is 2.36 bits per heavy atom. The molecule has 4 nitrogen and oxygen atoms in total. The van der Waals surface area contributed by atoms with Crippen molar-refractivity contribution in [3.8, 4) is 0 Å². The van der Waals surface area contributed by atoms with Crippen molar-refractivity contribution in [1.82, 2.24) is 0 Å². The molecule has 2 aliphatic heterocycles. The van der Waals surface area contributed by atoms with E-state index in [1.807, 2.05) is 0 Å². The fourth-order valence-electron chi connectivity index (χ4n) is 1.35. The van der Waals surface area contributed by atoms with Gasteiger partial charge in [-0.3, -0.25) is 0 Å². The Morgan fingerprint density at radius 1 is 1.55 bits per heavy atom. The molecule has 3 unspecified atom stereocenters. The van der Waals surface area contributed by atoms with Gasteiger partial charge in [-0.1, -0.05) is 12.2 Å². The van der Waals surface area contributed by atoms with Crippen molar-refractivity contribution in [2.75, 3.05) is 13.2 Å². The lowest BCUT2D eigenvalue weighted by molar-refractivity contribution is -0.235. The highest BCUT2D eigenvalue weighted by atomic mass is 16.8. The second kappa shape index (κ2) is 2.28. The third kappa shape index (κ3) is 0.911. The molecule has 0 amide bonds. The molecule has 2 heterocycles. The maximum atomic E-state index is 9.35. The SMILES string of the molecule is OCC12OCC(C=CC1O)O2. The van der Waals surface area contributed by atoms with E-state index in [1.54, 1.807) is 12.2 Å². The van der Waals surface area contributed by atoms with Crippen LogP contribution in [0.3, 0.4) is 0 Å². The maximum Gasteiger partial charge on any atom is 0.222 e. The van der Waals surface area contributed by atoms with Gasteiger partial charge >= 0.3 is 0 Å². The van der Waals surface area contributed by atoms with E-state index >= 15 is 0 Å². The molecule has 3 atom stereocenters. The van der Waals surface area contributed by atoms with Crippen molar-refractivity contribution in [1.29, 1.82) is 0 Å². The Hall–Kier alpha value is -0.420. The van der Waals surface area contributed by atoms with Gasteiger partial charge < -0.3 is 19.7 Å². The topological polar surface area (TPSA) is 58.9 Å². The summed E-state index contributed by atoms with van der Waals surface area (Å²) < 4.78 is 10.4. The number of aliphatic hydroxyl groups is 2. The monoisotopic (exact) mass is 158 g/mol. The summed E-state index contributed by atoms with van der Waals surface area (Å²) in [4.78, 5) is 0. The number of ether oxygens (including phenoxy) is 2. The van der Waals surface area contributed by atoms with Gasteiger partial charge in [0.05, 0.1) is 6.61 Å². The van der Waals surface area contributed by atoms with Gasteiger partial charge in [-0.25, -0.2) is 0 Å². The molecule has 0 spiro atoms. The number of aliphatic hydroxyl groups excluding tert-OH is 2. The highest BCUT2D eigenvalue weighted by Crippen LogP contribution is 2.31. The molecular formula is C7H10O4. The first-order valence-electron chi connectivity index (χ1n) is 3.56. The molecule has 1 saturated heterocycles. The first kappa shape index (κ1) is 7.24. The van der Waals surface area contributed by atoms with Crippen LogP contribution in [0.5, 0.6) is 0 Å². The third-order valence-electron chi connectivity index (χ3n) is 2.02. The van der Waals surface area contributed by atoms with E-state index in [9.17, 15) is 5.11 Å².